The van der Waals surface area contributed by atoms with Crippen molar-refractivity contribution in [2.45, 2.75) is 43.7 Å². The van der Waals surface area contributed by atoms with Crippen molar-refractivity contribution >= 4 is 44.5 Å². The minimum Gasteiger partial charge on any atom is -0.374 e. The third-order valence-corrected chi connectivity index (χ3v) is 8.71. The molecular weight excluding hydrogens is 526 g/mol. The molecule has 2 aromatic carbocycles. The molecule has 0 spiro atoms. The van der Waals surface area contributed by atoms with Crippen LogP contribution >= 0.6 is 23.2 Å². The van der Waals surface area contributed by atoms with Gasteiger partial charge in [0.25, 0.3) is 11.5 Å². The van der Waals surface area contributed by atoms with Gasteiger partial charge in [-0.05, 0) is 62.2 Å². The summed E-state index contributed by atoms with van der Waals surface area (Å²) >= 11 is 11.8. The maximum atomic E-state index is 14.2. The van der Waals surface area contributed by atoms with Crippen molar-refractivity contribution in [3.63, 3.8) is 0 Å². The van der Waals surface area contributed by atoms with Crippen LogP contribution in [0.2, 0.25) is 10.0 Å². The van der Waals surface area contributed by atoms with E-state index in [1.54, 1.807) is 6.92 Å². The molecule has 2 unspecified atom stereocenters. The van der Waals surface area contributed by atoms with E-state index in [0.29, 0.717) is 11.1 Å². The summed E-state index contributed by atoms with van der Waals surface area (Å²) < 4.78 is 57.8. The molecule has 1 aliphatic heterocycles. The first kappa shape index (κ1) is 27.0. The summed E-state index contributed by atoms with van der Waals surface area (Å²) in [6.07, 6.45) is -4.27. The Morgan fingerprint density at radius 3 is 2.31 bits per heavy atom. The van der Waals surface area contributed by atoms with Crippen molar-refractivity contribution in [1.82, 2.24) is 0 Å². The highest BCUT2D eigenvalue weighted by atomic mass is 35.5. The van der Waals surface area contributed by atoms with Gasteiger partial charge in [0.05, 0.1) is 21.5 Å². The fourth-order valence-electron chi connectivity index (χ4n) is 3.33. The van der Waals surface area contributed by atoms with Crippen molar-refractivity contribution in [1.29, 1.82) is 5.26 Å². The van der Waals surface area contributed by atoms with Gasteiger partial charge in [0.1, 0.15) is 4.75 Å². The number of rotatable bonds is 4. The average molecular weight is 546 g/mol. The molecule has 0 bridgehead atoms. The normalized spacial score (nSPS) is 19.8. The standard InChI is InChI=1S/C23H20Cl2F3N3O3S/c1-13-7-14(5-6-18(13)20(32)31-35(4,33)21(2,3)12-29)19-11-22(34-30-19,23(26,27)28)15-8-16(24)10-17(25)9-15/h5-10H,11H2,1-4H3. The van der Waals surface area contributed by atoms with Crippen molar-refractivity contribution in [3.8, 4) is 6.07 Å². The number of benzene rings is 2. The molecule has 0 N–H and O–H groups in total. The second-order valence-corrected chi connectivity index (χ2v) is 12.3. The molecule has 1 aliphatic rings. The van der Waals surface area contributed by atoms with Gasteiger partial charge < -0.3 is 4.84 Å². The van der Waals surface area contributed by atoms with E-state index < -0.39 is 38.6 Å². The van der Waals surface area contributed by atoms with E-state index in [2.05, 4.69) is 9.52 Å². The fraction of sp³-hybridized carbons (Fsp3) is 0.348. The molecule has 1 heterocycles. The number of hydrogen-bond donors (Lipinski definition) is 0. The summed E-state index contributed by atoms with van der Waals surface area (Å²) in [5, 5.41) is 13.0. The number of nitrogens with zero attached hydrogens (tertiary/aromatic N) is 3. The Hall–Kier alpha value is -2.61. The molecule has 35 heavy (non-hydrogen) atoms. The largest absolute Gasteiger partial charge is 0.435 e. The lowest BCUT2D eigenvalue weighted by atomic mass is 9.86. The molecule has 0 radical (unpaired) electrons. The van der Waals surface area contributed by atoms with Gasteiger partial charge in [-0.25, -0.2) is 4.21 Å². The summed E-state index contributed by atoms with van der Waals surface area (Å²) in [5.74, 6) is -0.798. The summed E-state index contributed by atoms with van der Waals surface area (Å²) in [5.41, 5.74) is -2.30. The van der Waals surface area contributed by atoms with E-state index in [0.717, 1.165) is 12.1 Å². The molecule has 6 nitrogen and oxygen atoms in total. The fourth-order valence-corrected chi connectivity index (χ4v) is 4.67. The first-order valence-electron chi connectivity index (χ1n) is 10.1. The molecule has 0 aromatic heterocycles. The van der Waals surface area contributed by atoms with Gasteiger partial charge in [-0.1, -0.05) is 34.4 Å². The molecule has 0 aliphatic carbocycles. The maximum absolute atomic E-state index is 14.2. The van der Waals surface area contributed by atoms with E-state index in [-0.39, 0.29) is 26.9 Å². The molecule has 12 heteroatoms. The maximum Gasteiger partial charge on any atom is 0.435 e. The number of halogens is 5. The van der Waals surface area contributed by atoms with Gasteiger partial charge in [-0.2, -0.15) is 22.8 Å². The zero-order valence-electron chi connectivity index (χ0n) is 19.0. The molecule has 2 aromatic rings. The summed E-state index contributed by atoms with van der Waals surface area (Å²) in [6, 6.07) is 9.67. The van der Waals surface area contributed by atoms with Crippen LogP contribution < -0.4 is 0 Å². The summed E-state index contributed by atoms with van der Waals surface area (Å²) in [7, 11) is -3.20. The van der Waals surface area contributed by atoms with Crippen molar-refractivity contribution in [2.75, 3.05) is 6.26 Å². The van der Waals surface area contributed by atoms with Crippen LogP contribution in [0, 0.1) is 18.3 Å². The van der Waals surface area contributed by atoms with Crippen LogP contribution in [-0.2, 0) is 20.2 Å². The van der Waals surface area contributed by atoms with E-state index in [4.69, 9.17) is 28.0 Å². The first-order chi connectivity index (χ1) is 16.0. The van der Waals surface area contributed by atoms with Crippen molar-refractivity contribution < 1.29 is 27.0 Å². The van der Waals surface area contributed by atoms with Gasteiger partial charge in [-0.3, -0.25) is 4.79 Å². The topological polar surface area (TPSA) is 91.9 Å². The Bertz CT molecular complexity index is 1390. The van der Waals surface area contributed by atoms with Gasteiger partial charge >= 0.3 is 6.18 Å². The molecule has 0 saturated carbocycles. The molecule has 3 rings (SSSR count). The smallest absolute Gasteiger partial charge is 0.374 e. The Balaban J connectivity index is 1.97. The Morgan fingerprint density at radius 1 is 1.20 bits per heavy atom. The first-order valence-corrected chi connectivity index (χ1v) is 12.8. The third kappa shape index (κ3) is 5.03. The highest BCUT2D eigenvalue weighted by Crippen LogP contribution is 2.49. The number of oxime groups is 1. The minimum absolute atomic E-state index is 0.00219. The summed E-state index contributed by atoms with van der Waals surface area (Å²) in [6.45, 7) is 4.39. The SMILES string of the molecule is Cc1cc(C2=NOC(c3cc(Cl)cc(Cl)c3)(C(F)(F)F)C2)ccc1C(=O)N=S(C)(=O)C(C)(C)C#N. The van der Waals surface area contributed by atoms with Crippen molar-refractivity contribution in [3.05, 3.63) is 68.7 Å². The van der Waals surface area contributed by atoms with Crippen LogP contribution in [0.15, 0.2) is 45.9 Å². The van der Waals surface area contributed by atoms with Crippen LogP contribution in [0.1, 0.15) is 47.3 Å². The average Bonchev–Trinajstić information content (AvgIpc) is 3.19. The monoisotopic (exact) mass is 545 g/mol. The highest BCUT2D eigenvalue weighted by Gasteiger charge is 2.62. The molecule has 186 valence electrons. The van der Waals surface area contributed by atoms with Crippen LogP contribution in [0.5, 0.6) is 0 Å². The molecule has 0 fully saturated rings. The van der Waals surface area contributed by atoms with Crippen LogP contribution in [0.4, 0.5) is 13.2 Å². The van der Waals surface area contributed by atoms with Crippen LogP contribution in [0.3, 0.4) is 0 Å². The quantitative estimate of drug-likeness (QED) is 0.442. The number of hydrogen-bond acceptors (Lipinski definition) is 5. The molecule has 0 saturated heterocycles. The van der Waals surface area contributed by atoms with E-state index in [1.165, 1.54) is 44.4 Å². The van der Waals surface area contributed by atoms with Gasteiger partial charge in [0.15, 0.2) is 0 Å². The van der Waals surface area contributed by atoms with Gasteiger partial charge in [-0.15, -0.1) is 0 Å². The predicted octanol–water partition coefficient (Wildman–Crippen LogP) is 6.42. The number of carbonyl (C=O) groups is 1. The van der Waals surface area contributed by atoms with Gasteiger partial charge in [0, 0.05) is 33.8 Å². The number of alkyl halides is 3. The lowest BCUT2D eigenvalue weighted by molar-refractivity contribution is -0.275. The molecule has 2 atom stereocenters. The lowest BCUT2D eigenvalue weighted by Gasteiger charge is -2.29. The second-order valence-electron chi connectivity index (χ2n) is 8.64. The zero-order valence-corrected chi connectivity index (χ0v) is 21.4. The molecular formula is C23H20Cl2F3N3O3S. The number of aryl methyl sites for hydroxylation is 1. The van der Waals surface area contributed by atoms with Gasteiger partial charge in [0.2, 0.25) is 0 Å². The summed E-state index contributed by atoms with van der Waals surface area (Å²) in [4.78, 5) is 17.7. The van der Waals surface area contributed by atoms with Crippen molar-refractivity contribution in [2.24, 2.45) is 9.52 Å². The second kappa shape index (κ2) is 9.12. The Labute approximate surface area is 210 Å². The zero-order chi connectivity index (χ0) is 26.4. The Morgan fingerprint density at radius 2 is 1.80 bits per heavy atom. The lowest BCUT2D eigenvalue weighted by Crippen LogP contribution is -2.42. The Kier molecular flexibility index (Phi) is 7.03. The van der Waals surface area contributed by atoms with Crippen LogP contribution in [0.25, 0.3) is 0 Å². The van der Waals surface area contributed by atoms with E-state index in [9.17, 15) is 27.4 Å². The minimum atomic E-state index is -4.84. The molecule has 1 amide bonds. The van der Waals surface area contributed by atoms with Crippen LogP contribution in [-0.4, -0.2) is 33.0 Å². The van der Waals surface area contributed by atoms with E-state index >= 15 is 0 Å². The number of nitriles is 1. The number of amides is 1. The third-order valence-electron chi connectivity index (χ3n) is 5.78. The number of carbonyl (C=O) groups excluding carboxylic acids is 1. The predicted molar refractivity (Wildman–Crippen MR) is 128 cm³/mol. The van der Waals surface area contributed by atoms with E-state index in [1.807, 2.05) is 6.07 Å². The highest BCUT2D eigenvalue weighted by molar-refractivity contribution is 7.94.